The third-order valence-corrected chi connectivity index (χ3v) is 4.71. The zero-order chi connectivity index (χ0) is 19.2. The van der Waals surface area contributed by atoms with E-state index in [0.29, 0.717) is 12.4 Å². The normalized spacial score (nSPS) is 11.8. The predicted octanol–water partition coefficient (Wildman–Crippen LogP) is 2.64. The summed E-state index contributed by atoms with van der Waals surface area (Å²) >= 11 is 1.52. The number of thiophene rings is 1. The first-order valence-electron chi connectivity index (χ1n) is 8.75. The summed E-state index contributed by atoms with van der Waals surface area (Å²) in [6.07, 6.45) is 0.833. The predicted molar refractivity (Wildman–Crippen MR) is 105 cm³/mol. The van der Waals surface area contributed by atoms with E-state index in [0.717, 1.165) is 17.0 Å². The third kappa shape index (κ3) is 4.40. The van der Waals surface area contributed by atoms with Gasteiger partial charge in [0, 0.05) is 6.54 Å². The zero-order valence-electron chi connectivity index (χ0n) is 15.2. The second-order valence-electron chi connectivity index (χ2n) is 5.97. The van der Waals surface area contributed by atoms with Crippen LogP contribution in [0.1, 0.15) is 30.9 Å². The molecule has 3 aromatic rings. The number of rotatable bonds is 7. The molecular weight excluding hydrogens is 362 g/mol. The number of nitrogens with one attached hydrogen (secondary N) is 2. The molecule has 0 fully saturated rings. The molecule has 1 atom stereocenters. The summed E-state index contributed by atoms with van der Waals surface area (Å²) in [5, 5.41) is 11.7. The van der Waals surface area contributed by atoms with Gasteiger partial charge in [-0.05, 0) is 36.9 Å². The highest BCUT2D eigenvalue weighted by Gasteiger charge is 2.22. The fourth-order valence-corrected chi connectivity index (χ4v) is 3.15. The summed E-state index contributed by atoms with van der Waals surface area (Å²) < 4.78 is 1.64. The lowest BCUT2D eigenvalue weighted by molar-refractivity contribution is -0.122. The fourth-order valence-electron chi connectivity index (χ4n) is 2.45. The molecule has 1 aromatic carbocycles. The van der Waals surface area contributed by atoms with Crippen LogP contribution in [0.3, 0.4) is 0 Å². The Morgan fingerprint density at radius 3 is 2.63 bits per heavy atom. The fraction of sp³-hybridized carbons (Fsp3) is 0.263. The molecule has 2 aromatic heterocycles. The molecule has 2 amide bonds. The highest BCUT2D eigenvalue weighted by atomic mass is 32.1. The van der Waals surface area contributed by atoms with E-state index in [-0.39, 0.29) is 11.7 Å². The van der Waals surface area contributed by atoms with Crippen LogP contribution in [-0.2, 0) is 4.79 Å². The van der Waals surface area contributed by atoms with Gasteiger partial charge in [-0.25, -0.2) is 9.67 Å². The molecule has 140 valence electrons. The van der Waals surface area contributed by atoms with E-state index in [1.807, 2.05) is 54.8 Å². The molecule has 27 heavy (non-hydrogen) atoms. The Bertz CT molecular complexity index is 906. The molecule has 0 saturated carbocycles. The maximum Gasteiger partial charge on any atom is 0.291 e. The van der Waals surface area contributed by atoms with Crippen molar-refractivity contribution in [2.75, 3.05) is 6.54 Å². The van der Waals surface area contributed by atoms with Gasteiger partial charge in [-0.15, -0.1) is 16.4 Å². The monoisotopic (exact) mass is 383 g/mol. The first kappa shape index (κ1) is 18.8. The molecule has 0 aliphatic carbocycles. The van der Waals surface area contributed by atoms with Crippen LogP contribution in [0.15, 0.2) is 47.8 Å². The van der Waals surface area contributed by atoms with Crippen LogP contribution in [-0.4, -0.2) is 39.2 Å². The maximum absolute atomic E-state index is 12.6. The van der Waals surface area contributed by atoms with Gasteiger partial charge in [-0.3, -0.25) is 9.59 Å². The van der Waals surface area contributed by atoms with Crippen molar-refractivity contribution in [1.29, 1.82) is 0 Å². The smallest absolute Gasteiger partial charge is 0.291 e. The topological polar surface area (TPSA) is 88.9 Å². The van der Waals surface area contributed by atoms with Crippen molar-refractivity contribution in [3.8, 4) is 16.4 Å². The van der Waals surface area contributed by atoms with Crippen molar-refractivity contribution in [3.05, 3.63) is 53.7 Å². The van der Waals surface area contributed by atoms with Crippen LogP contribution in [0, 0.1) is 0 Å². The first-order valence-corrected chi connectivity index (χ1v) is 9.63. The van der Waals surface area contributed by atoms with Crippen LogP contribution >= 0.6 is 11.3 Å². The lowest BCUT2D eigenvalue weighted by Gasteiger charge is -2.12. The Labute approximate surface area is 161 Å². The Balaban J connectivity index is 1.86. The molecule has 2 N–H and O–H groups in total. The molecule has 0 radical (unpaired) electrons. The van der Waals surface area contributed by atoms with Crippen LogP contribution in [0.5, 0.6) is 0 Å². The average Bonchev–Trinajstić information content (AvgIpc) is 3.36. The van der Waals surface area contributed by atoms with Gasteiger partial charge in [-0.2, -0.15) is 0 Å². The number of aromatic nitrogens is 3. The van der Waals surface area contributed by atoms with E-state index in [1.54, 1.807) is 11.6 Å². The second kappa shape index (κ2) is 8.59. The highest BCUT2D eigenvalue weighted by molar-refractivity contribution is 7.13. The summed E-state index contributed by atoms with van der Waals surface area (Å²) in [5.41, 5.74) is 0.807. The van der Waals surface area contributed by atoms with Crippen LogP contribution in [0.2, 0.25) is 0 Å². The molecule has 0 saturated heterocycles. The van der Waals surface area contributed by atoms with Gasteiger partial charge in [0.25, 0.3) is 5.91 Å². The molecule has 8 heteroatoms. The number of hydrogen-bond donors (Lipinski definition) is 2. The summed E-state index contributed by atoms with van der Waals surface area (Å²) in [6.45, 7) is 4.18. The SMILES string of the molecule is CCCNC(=O)[C@@H](C)NC(=O)c1nc(-c2cccs2)n(-c2ccccc2)n1. The summed E-state index contributed by atoms with van der Waals surface area (Å²) in [7, 11) is 0. The van der Waals surface area contributed by atoms with Gasteiger partial charge >= 0.3 is 0 Å². The number of carbonyl (C=O) groups excluding carboxylic acids is 2. The summed E-state index contributed by atoms with van der Waals surface area (Å²) in [5.74, 6) is -0.102. The minimum atomic E-state index is -0.669. The maximum atomic E-state index is 12.6. The number of nitrogens with zero attached hydrogens (tertiary/aromatic N) is 3. The van der Waals surface area contributed by atoms with Crippen molar-refractivity contribution in [3.63, 3.8) is 0 Å². The van der Waals surface area contributed by atoms with Gasteiger partial charge in [0.15, 0.2) is 5.82 Å². The highest BCUT2D eigenvalue weighted by Crippen LogP contribution is 2.25. The van der Waals surface area contributed by atoms with Crippen molar-refractivity contribution in [2.45, 2.75) is 26.3 Å². The number of carbonyl (C=O) groups is 2. The molecule has 0 aliphatic heterocycles. The van der Waals surface area contributed by atoms with E-state index in [1.165, 1.54) is 11.3 Å². The van der Waals surface area contributed by atoms with Gasteiger partial charge in [0.2, 0.25) is 11.7 Å². The standard InChI is InChI=1S/C19H21N5O2S/c1-3-11-20-18(25)13(2)21-19(26)16-22-17(15-10-7-12-27-15)24(23-16)14-8-5-4-6-9-14/h4-10,12-13H,3,11H2,1-2H3,(H,20,25)(H,21,26)/t13-/m1/s1. The van der Waals surface area contributed by atoms with E-state index >= 15 is 0 Å². The second-order valence-corrected chi connectivity index (χ2v) is 6.92. The van der Waals surface area contributed by atoms with Crippen LogP contribution in [0.4, 0.5) is 0 Å². The molecule has 0 bridgehead atoms. The van der Waals surface area contributed by atoms with Gasteiger partial charge in [0.1, 0.15) is 6.04 Å². The summed E-state index contributed by atoms with van der Waals surface area (Å²) in [4.78, 5) is 29.9. The number of para-hydroxylation sites is 1. The Morgan fingerprint density at radius 1 is 1.19 bits per heavy atom. The van der Waals surface area contributed by atoms with E-state index in [4.69, 9.17) is 0 Å². The molecule has 3 rings (SSSR count). The Hall–Kier alpha value is -3.00. The van der Waals surface area contributed by atoms with E-state index in [9.17, 15) is 9.59 Å². The molecule has 2 heterocycles. The number of benzene rings is 1. The minimum absolute atomic E-state index is 0.0254. The van der Waals surface area contributed by atoms with Gasteiger partial charge in [0.05, 0.1) is 10.6 Å². The van der Waals surface area contributed by atoms with Crippen molar-refractivity contribution in [1.82, 2.24) is 25.4 Å². The van der Waals surface area contributed by atoms with Crippen LogP contribution < -0.4 is 10.6 Å². The van der Waals surface area contributed by atoms with E-state index < -0.39 is 11.9 Å². The van der Waals surface area contributed by atoms with Crippen molar-refractivity contribution in [2.24, 2.45) is 0 Å². The van der Waals surface area contributed by atoms with Crippen LogP contribution in [0.25, 0.3) is 16.4 Å². The van der Waals surface area contributed by atoms with Gasteiger partial charge in [-0.1, -0.05) is 31.2 Å². The quantitative estimate of drug-likeness (QED) is 0.656. The lowest BCUT2D eigenvalue weighted by Crippen LogP contribution is -2.45. The molecule has 0 aliphatic rings. The van der Waals surface area contributed by atoms with Crippen molar-refractivity contribution < 1.29 is 9.59 Å². The Kier molecular flexibility index (Phi) is 5.97. The zero-order valence-corrected chi connectivity index (χ0v) is 16.0. The number of amides is 2. The first-order chi connectivity index (χ1) is 13.1. The van der Waals surface area contributed by atoms with Gasteiger partial charge < -0.3 is 10.6 Å². The van der Waals surface area contributed by atoms with Crippen molar-refractivity contribution >= 4 is 23.2 Å². The largest absolute Gasteiger partial charge is 0.354 e. The number of hydrogen-bond acceptors (Lipinski definition) is 5. The molecular formula is C19H21N5O2S. The lowest BCUT2D eigenvalue weighted by atomic mass is 10.3. The Morgan fingerprint density at radius 2 is 1.96 bits per heavy atom. The third-order valence-electron chi connectivity index (χ3n) is 3.84. The molecule has 7 nitrogen and oxygen atoms in total. The average molecular weight is 383 g/mol. The summed E-state index contributed by atoms with van der Waals surface area (Å²) in [6, 6.07) is 12.7. The van der Waals surface area contributed by atoms with E-state index in [2.05, 4.69) is 20.7 Å². The molecule has 0 unspecified atom stereocenters. The molecule has 0 spiro atoms. The minimum Gasteiger partial charge on any atom is -0.354 e.